The predicted octanol–water partition coefficient (Wildman–Crippen LogP) is 1.92. The number of aromatic nitrogens is 3. The van der Waals surface area contributed by atoms with Gasteiger partial charge in [0, 0.05) is 31.9 Å². The van der Waals surface area contributed by atoms with E-state index in [0.717, 1.165) is 50.0 Å². The van der Waals surface area contributed by atoms with Gasteiger partial charge in [-0.05, 0) is 56.5 Å². The highest BCUT2D eigenvalue weighted by Gasteiger charge is 2.25. The van der Waals surface area contributed by atoms with Crippen LogP contribution in [0.4, 0.5) is 0 Å². The first-order valence-electron chi connectivity index (χ1n) is 9.10. The van der Waals surface area contributed by atoms with Crippen LogP contribution in [0.25, 0.3) is 0 Å². The number of hydrogen-bond acceptors (Lipinski definition) is 4. The second-order valence-corrected chi connectivity index (χ2v) is 6.70. The Bertz CT molecular complexity index is 661. The molecule has 6 nitrogen and oxygen atoms in total. The van der Waals surface area contributed by atoms with Gasteiger partial charge >= 0.3 is 0 Å². The van der Waals surface area contributed by atoms with Gasteiger partial charge in [-0.15, -0.1) is 0 Å². The molecule has 1 amide bonds. The average Bonchev–Trinajstić information content (AvgIpc) is 2.87. The molecule has 2 aromatic rings. The fourth-order valence-corrected chi connectivity index (χ4v) is 3.40. The van der Waals surface area contributed by atoms with Gasteiger partial charge in [0.25, 0.3) is 0 Å². The summed E-state index contributed by atoms with van der Waals surface area (Å²) in [5, 5.41) is 7.61. The number of aryl methyl sites for hydroxylation is 2. The molecule has 0 saturated carbocycles. The van der Waals surface area contributed by atoms with E-state index >= 15 is 0 Å². The highest BCUT2D eigenvalue weighted by atomic mass is 16.2. The summed E-state index contributed by atoms with van der Waals surface area (Å²) < 4.78 is 1.78. The maximum Gasteiger partial charge on any atom is 0.223 e. The van der Waals surface area contributed by atoms with Crippen LogP contribution in [0.15, 0.2) is 36.8 Å². The molecule has 0 spiro atoms. The van der Waals surface area contributed by atoms with E-state index in [1.807, 2.05) is 42.5 Å². The van der Waals surface area contributed by atoms with Crippen molar-refractivity contribution >= 4 is 5.91 Å². The molecule has 3 rings (SSSR count). The largest absolute Gasteiger partial charge is 0.334 e. The lowest BCUT2D eigenvalue weighted by Crippen LogP contribution is -2.40. The molecule has 2 aromatic heterocycles. The zero-order valence-electron chi connectivity index (χ0n) is 14.9. The number of nitrogens with one attached hydrogen (secondary N) is 1. The van der Waals surface area contributed by atoms with E-state index in [9.17, 15) is 4.79 Å². The van der Waals surface area contributed by atoms with Crippen LogP contribution in [0.1, 0.15) is 36.9 Å². The summed E-state index contributed by atoms with van der Waals surface area (Å²) in [6.07, 6.45) is 10.0. The van der Waals surface area contributed by atoms with Crippen molar-refractivity contribution < 1.29 is 4.79 Å². The van der Waals surface area contributed by atoms with Gasteiger partial charge in [-0.3, -0.25) is 14.5 Å². The summed E-state index contributed by atoms with van der Waals surface area (Å²) in [5.41, 5.74) is 2.06. The van der Waals surface area contributed by atoms with E-state index in [2.05, 4.69) is 15.4 Å². The molecule has 1 aliphatic rings. The molecule has 0 aromatic carbocycles. The number of rotatable bonds is 6. The van der Waals surface area contributed by atoms with Crippen molar-refractivity contribution in [2.75, 3.05) is 13.1 Å². The average molecular weight is 341 g/mol. The lowest BCUT2D eigenvalue weighted by atomic mass is 10.1. The van der Waals surface area contributed by atoms with Gasteiger partial charge < -0.3 is 10.2 Å². The maximum absolute atomic E-state index is 13.0. The molecular weight excluding hydrogens is 314 g/mol. The van der Waals surface area contributed by atoms with Gasteiger partial charge in [-0.25, -0.2) is 0 Å². The Morgan fingerprint density at radius 1 is 1.36 bits per heavy atom. The fourth-order valence-electron chi connectivity index (χ4n) is 3.40. The van der Waals surface area contributed by atoms with E-state index < -0.39 is 0 Å². The number of hydrogen-bond donors (Lipinski definition) is 1. The highest BCUT2D eigenvalue weighted by molar-refractivity contribution is 5.76. The molecule has 3 heterocycles. The monoisotopic (exact) mass is 341 g/mol. The molecule has 0 bridgehead atoms. The molecule has 1 saturated heterocycles. The van der Waals surface area contributed by atoms with E-state index in [1.165, 1.54) is 0 Å². The molecule has 1 N–H and O–H groups in total. The van der Waals surface area contributed by atoms with Crippen molar-refractivity contribution in [3.8, 4) is 0 Å². The van der Waals surface area contributed by atoms with Crippen molar-refractivity contribution in [2.24, 2.45) is 7.05 Å². The van der Waals surface area contributed by atoms with Crippen LogP contribution < -0.4 is 5.32 Å². The van der Waals surface area contributed by atoms with Gasteiger partial charge in [0.05, 0.1) is 18.4 Å². The third kappa shape index (κ3) is 5.13. The molecule has 1 aliphatic heterocycles. The Morgan fingerprint density at radius 2 is 2.28 bits per heavy atom. The van der Waals surface area contributed by atoms with Crippen molar-refractivity contribution in [3.63, 3.8) is 0 Å². The molecule has 1 fully saturated rings. The summed E-state index contributed by atoms with van der Waals surface area (Å²) >= 11 is 0. The smallest absolute Gasteiger partial charge is 0.223 e. The summed E-state index contributed by atoms with van der Waals surface area (Å²) in [4.78, 5) is 19.5. The topological polar surface area (TPSA) is 63.1 Å². The molecule has 0 unspecified atom stereocenters. The number of carbonyl (C=O) groups is 1. The second kappa shape index (κ2) is 8.76. The third-order valence-corrected chi connectivity index (χ3v) is 4.75. The maximum atomic E-state index is 13.0. The van der Waals surface area contributed by atoms with Crippen molar-refractivity contribution in [1.82, 2.24) is 25.0 Å². The minimum Gasteiger partial charge on any atom is -0.334 e. The summed E-state index contributed by atoms with van der Waals surface area (Å²) in [5.74, 6) is 0.210. The van der Waals surface area contributed by atoms with Crippen LogP contribution in [0.2, 0.25) is 0 Å². The Hall–Kier alpha value is -2.21. The van der Waals surface area contributed by atoms with Crippen LogP contribution in [0.5, 0.6) is 0 Å². The van der Waals surface area contributed by atoms with Crippen LogP contribution in [0, 0.1) is 0 Å². The molecular formula is C19H27N5O. The van der Waals surface area contributed by atoms with Gasteiger partial charge in [0.15, 0.2) is 0 Å². The van der Waals surface area contributed by atoms with E-state index in [1.54, 1.807) is 10.9 Å². The Balaban J connectivity index is 1.68. The normalized spacial score (nSPS) is 17.9. The molecule has 6 heteroatoms. The van der Waals surface area contributed by atoms with Crippen LogP contribution in [-0.4, -0.2) is 44.7 Å². The van der Waals surface area contributed by atoms with Crippen LogP contribution in [0.3, 0.4) is 0 Å². The van der Waals surface area contributed by atoms with Crippen LogP contribution in [-0.2, 0) is 24.8 Å². The van der Waals surface area contributed by atoms with E-state index in [4.69, 9.17) is 0 Å². The molecule has 0 radical (unpaired) electrons. The summed E-state index contributed by atoms with van der Waals surface area (Å²) in [6.45, 7) is 2.61. The lowest BCUT2D eigenvalue weighted by Gasteiger charge is -2.31. The van der Waals surface area contributed by atoms with E-state index in [-0.39, 0.29) is 5.91 Å². The van der Waals surface area contributed by atoms with Crippen LogP contribution >= 0.6 is 0 Å². The number of pyridine rings is 1. The van der Waals surface area contributed by atoms with Crippen molar-refractivity contribution in [3.05, 3.63) is 48.0 Å². The molecule has 1 atom stereocenters. The van der Waals surface area contributed by atoms with Crippen molar-refractivity contribution in [1.29, 1.82) is 0 Å². The summed E-state index contributed by atoms with van der Waals surface area (Å²) in [6, 6.07) is 6.18. The quantitative estimate of drug-likeness (QED) is 0.872. The minimum absolute atomic E-state index is 0.210. The molecule has 134 valence electrons. The number of amides is 1. The third-order valence-electron chi connectivity index (χ3n) is 4.75. The molecule has 0 aliphatic carbocycles. The number of carbonyl (C=O) groups excluding carboxylic acids is 1. The van der Waals surface area contributed by atoms with E-state index in [0.29, 0.717) is 19.0 Å². The van der Waals surface area contributed by atoms with Gasteiger partial charge in [-0.1, -0.05) is 6.07 Å². The Morgan fingerprint density at radius 3 is 3.04 bits per heavy atom. The highest BCUT2D eigenvalue weighted by Crippen LogP contribution is 2.18. The standard InChI is InChI=1S/C19H27N5O/c1-23-14-16(13-22-23)7-8-19(25)24(15-17-5-2-3-11-21-17)18-6-4-10-20-12-9-18/h2-3,5,11,13-14,18,20H,4,6-10,12,15H2,1H3/t18-/m1/s1. The number of nitrogens with zero attached hydrogens (tertiary/aromatic N) is 4. The van der Waals surface area contributed by atoms with Gasteiger partial charge in [-0.2, -0.15) is 5.10 Å². The van der Waals surface area contributed by atoms with Crippen molar-refractivity contribution in [2.45, 2.75) is 44.7 Å². The predicted molar refractivity (Wildman–Crippen MR) is 96.8 cm³/mol. The minimum atomic E-state index is 0.210. The zero-order valence-corrected chi connectivity index (χ0v) is 14.9. The zero-order chi connectivity index (χ0) is 17.5. The summed E-state index contributed by atoms with van der Waals surface area (Å²) in [7, 11) is 1.90. The first-order valence-corrected chi connectivity index (χ1v) is 9.10. The second-order valence-electron chi connectivity index (χ2n) is 6.70. The first kappa shape index (κ1) is 17.6. The molecule has 25 heavy (non-hydrogen) atoms. The Labute approximate surface area is 149 Å². The SMILES string of the molecule is Cn1cc(CCC(=O)N(Cc2ccccn2)[C@@H]2CCCNCC2)cn1. The first-order chi connectivity index (χ1) is 12.2. The van der Waals surface area contributed by atoms with Gasteiger partial charge in [0.1, 0.15) is 0 Å². The lowest BCUT2D eigenvalue weighted by molar-refractivity contribution is -0.134. The van der Waals surface area contributed by atoms with Gasteiger partial charge in [0.2, 0.25) is 5.91 Å². The fraction of sp³-hybridized carbons (Fsp3) is 0.526. The Kier molecular flexibility index (Phi) is 6.17.